The molecule has 0 amide bonds. The zero-order valence-corrected chi connectivity index (χ0v) is 8.46. The van der Waals surface area contributed by atoms with Crippen molar-refractivity contribution in [2.75, 3.05) is 7.11 Å². The standard InChI is InChI=1S/C11H20O2/c1-13-11(6-3-7-11)10(12)8-9-4-2-5-9/h9-10,12H,2-8H2,1H3. The summed E-state index contributed by atoms with van der Waals surface area (Å²) >= 11 is 0. The van der Waals surface area contributed by atoms with Crippen molar-refractivity contribution in [1.29, 1.82) is 0 Å². The minimum atomic E-state index is -0.212. The molecule has 2 rings (SSSR count). The van der Waals surface area contributed by atoms with Crippen LogP contribution < -0.4 is 0 Å². The average molecular weight is 184 g/mol. The Morgan fingerprint density at radius 3 is 2.38 bits per heavy atom. The van der Waals surface area contributed by atoms with Gasteiger partial charge in [-0.1, -0.05) is 19.3 Å². The van der Waals surface area contributed by atoms with Gasteiger partial charge in [-0.05, 0) is 31.6 Å². The van der Waals surface area contributed by atoms with E-state index < -0.39 is 0 Å². The predicted molar refractivity (Wildman–Crippen MR) is 51.6 cm³/mol. The molecule has 2 saturated carbocycles. The van der Waals surface area contributed by atoms with Crippen LogP contribution in [0.3, 0.4) is 0 Å². The van der Waals surface area contributed by atoms with Gasteiger partial charge in [0.05, 0.1) is 11.7 Å². The molecule has 0 spiro atoms. The molecule has 0 aromatic rings. The molecule has 0 bridgehead atoms. The molecule has 0 aromatic carbocycles. The summed E-state index contributed by atoms with van der Waals surface area (Å²) < 4.78 is 5.46. The Morgan fingerprint density at radius 1 is 1.38 bits per heavy atom. The van der Waals surface area contributed by atoms with Gasteiger partial charge in [0.1, 0.15) is 0 Å². The van der Waals surface area contributed by atoms with Crippen LogP contribution >= 0.6 is 0 Å². The molecule has 0 aliphatic heterocycles. The number of aliphatic hydroxyl groups is 1. The average Bonchev–Trinajstić information content (AvgIpc) is 1.96. The van der Waals surface area contributed by atoms with E-state index in [0.29, 0.717) is 0 Å². The van der Waals surface area contributed by atoms with Crippen molar-refractivity contribution >= 4 is 0 Å². The van der Waals surface area contributed by atoms with Gasteiger partial charge < -0.3 is 9.84 Å². The lowest BCUT2D eigenvalue weighted by molar-refractivity contribution is -0.156. The Hall–Kier alpha value is -0.0800. The first-order valence-electron chi connectivity index (χ1n) is 5.50. The maximum atomic E-state index is 10.0. The van der Waals surface area contributed by atoms with Crippen molar-refractivity contribution in [3.63, 3.8) is 0 Å². The topological polar surface area (TPSA) is 29.5 Å². The molecular weight excluding hydrogens is 164 g/mol. The van der Waals surface area contributed by atoms with Crippen LogP contribution in [-0.4, -0.2) is 23.9 Å². The van der Waals surface area contributed by atoms with Gasteiger partial charge in [-0.3, -0.25) is 0 Å². The summed E-state index contributed by atoms with van der Waals surface area (Å²) in [7, 11) is 1.74. The lowest BCUT2D eigenvalue weighted by atomic mass is 9.70. The number of aliphatic hydroxyl groups excluding tert-OH is 1. The lowest BCUT2D eigenvalue weighted by Gasteiger charge is -2.45. The van der Waals surface area contributed by atoms with Crippen LogP contribution in [-0.2, 0) is 4.74 Å². The predicted octanol–water partition coefficient (Wildman–Crippen LogP) is 2.11. The fourth-order valence-electron chi connectivity index (χ4n) is 2.46. The molecule has 2 aliphatic carbocycles. The number of hydrogen-bond acceptors (Lipinski definition) is 2. The molecule has 2 fully saturated rings. The molecule has 0 heterocycles. The molecule has 2 heteroatoms. The van der Waals surface area contributed by atoms with Crippen LogP contribution in [0.15, 0.2) is 0 Å². The van der Waals surface area contributed by atoms with E-state index in [2.05, 4.69) is 0 Å². The molecule has 76 valence electrons. The molecule has 1 atom stereocenters. The summed E-state index contributed by atoms with van der Waals surface area (Å²) in [6, 6.07) is 0. The smallest absolute Gasteiger partial charge is 0.0936 e. The molecule has 0 aromatic heterocycles. The molecule has 1 unspecified atom stereocenters. The summed E-state index contributed by atoms with van der Waals surface area (Å²) in [5.74, 6) is 0.780. The van der Waals surface area contributed by atoms with Crippen LogP contribution in [0.5, 0.6) is 0 Å². The second-order valence-corrected chi connectivity index (χ2v) is 4.67. The van der Waals surface area contributed by atoms with E-state index in [1.807, 2.05) is 0 Å². The van der Waals surface area contributed by atoms with Crippen LogP contribution in [0.4, 0.5) is 0 Å². The zero-order valence-electron chi connectivity index (χ0n) is 8.46. The molecule has 0 radical (unpaired) electrons. The van der Waals surface area contributed by atoms with Crippen molar-refractivity contribution in [2.24, 2.45) is 5.92 Å². The summed E-state index contributed by atoms with van der Waals surface area (Å²) in [4.78, 5) is 0. The van der Waals surface area contributed by atoms with Crippen LogP contribution in [0.25, 0.3) is 0 Å². The highest BCUT2D eigenvalue weighted by atomic mass is 16.5. The molecule has 1 N–H and O–H groups in total. The number of methoxy groups -OCH3 is 1. The first-order valence-corrected chi connectivity index (χ1v) is 5.50. The summed E-state index contributed by atoms with van der Waals surface area (Å²) in [5, 5.41) is 10.0. The first-order chi connectivity index (χ1) is 6.27. The first kappa shape index (κ1) is 9.47. The number of ether oxygens (including phenoxy) is 1. The van der Waals surface area contributed by atoms with Crippen LogP contribution in [0.1, 0.15) is 44.9 Å². The molecular formula is C11H20O2. The van der Waals surface area contributed by atoms with Gasteiger partial charge in [-0.2, -0.15) is 0 Å². The maximum Gasteiger partial charge on any atom is 0.0936 e. The highest BCUT2D eigenvalue weighted by Gasteiger charge is 2.44. The van der Waals surface area contributed by atoms with Crippen LogP contribution in [0, 0.1) is 5.92 Å². The quantitative estimate of drug-likeness (QED) is 0.725. The van der Waals surface area contributed by atoms with E-state index in [0.717, 1.165) is 25.2 Å². The minimum absolute atomic E-state index is 0.157. The second kappa shape index (κ2) is 3.58. The summed E-state index contributed by atoms with van der Waals surface area (Å²) in [5.41, 5.74) is -0.157. The zero-order chi connectivity index (χ0) is 9.31. The second-order valence-electron chi connectivity index (χ2n) is 4.67. The van der Waals surface area contributed by atoms with Gasteiger partial charge >= 0.3 is 0 Å². The van der Waals surface area contributed by atoms with Crippen molar-refractivity contribution in [1.82, 2.24) is 0 Å². The van der Waals surface area contributed by atoms with E-state index in [1.165, 1.54) is 25.7 Å². The van der Waals surface area contributed by atoms with Gasteiger partial charge in [-0.25, -0.2) is 0 Å². The van der Waals surface area contributed by atoms with E-state index in [4.69, 9.17) is 4.74 Å². The number of hydrogen-bond donors (Lipinski definition) is 1. The molecule has 2 nitrogen and oxygen atoms in total. The number of rotatable bonds is 4. The van der Waals surface area contributed by atoms with Gasteiger partial charge in [0.15, 0.2) is 0 Å². The molecule has 13 heavy (non-hydrogen) atoms. The van der Waals surface area contributed by atoms with Crippen molar-refractivity contribution < 1.29 is 9.84 Å². The minimum Gasteiger partial charge on any atom is -0.390 e. The molecule has 0 saturated heterocycles. The molecule has 2 aliphatic rings. The van der Waals surface area contributed by atoms with Gasteiger partial charge in [0, 0.05) is 7.11 Å². The highest BCUT2D eigenvalue weighted by molar-refractivity contribution is 4.96. The fraction of sp³-hybridized carbons (Fsp3) is 1.00. The normalized spacial score (nSPS) is 29.1. The van der Waals surface area contributed by atoms with Gasteiger partial charge in [0.25, 0.3) is 0 Å². The van der Waals surface area contributed by atoms with Crippen molar-refractivity contribution in [3.05, 3.63) is 0 Å². The van der Waals surface area contributed by atoms with E-state index >= 15 is 0 Å². The monoisotopic (exact) mass is 184 g/mol. The van der Waals surface area contributed by atoms with E-state index in [9.17, 15) is 5.11 Å². The Bertz CT molecular complexity index is 165. The fourth-order valence-corrected chi connectivity index (χ4v) is 2.46. The van der Waals surface area contributed by atoms with Crippen molar-refractivity contribution in [2.45, 2.75) is 56.7 Å². The SMILES string of the molecule is COC1(C(O)CC2CCC2)CCC1. The van der Waals surface area contributed by atoms with Gasteiger partial charge in [0.2, 0.25) is 0 Å². The Labute approximate surface area is 80.3 Å². The van der Waals surface area contributed by atoms with Crippen molar-refractivity contribution in [3.8, 4) is 0 Å². The highest BCUT2D eigenvalue weighted by Crippen LogP contribution is 2.42. The summed E-state index contributed by atoms with van der Waals surface area (Å²) in [6.07, 6.45) is 8.07. The van der Waals surface area contributed by atoms with Gasteiger partial charge in [-0.15, -0.1) is 0 Å². The summed E-state index contributed by atoms with van der Waals surface area (Å²) in [6.45, 7) is 0. The third-order valence-corrected chi connectivity index (χ3v) is 4.00. The van der Waals surface area contributed by atoms with E-state index in [1.54, 1.807) is 7.11 Å². The third-order valence-electron chi connectivity index (χ3n) is 4.00. The van der Waals surface area contributed by atoms with Crippen LogP contribution in [0.2, 0.25) is 0 Å². The Balaban J connectivity index is 1.83. The third kappa shape index (κ3) is 1.62. The largest absolute Gasteiger partial charge is 0.390 e. The Kier molecular flexibility index (Phi) is 2.61. The van der Waals surface area contributed by atoms with E-state index in [-0.39, 0.29) is 11.7 Å². The Morgan fingerprint density at radius 2 is 2.08 bits per heavy atom. The lowest BCUT2D eigenvalue weighted by Crippen LogP contribution is -2.50. The maximum absolute atomic E-state index is 10.0.